The Balaban J connectivity index is 3.39. The summed E-state index contributed by atoms with van der Waals surface area (Å²) in [6, 6.07) is 2.04. The van der Waals surface area contributed by atoms with Crippen molar-refractivity contribution in [3.63, 3.8) is 0 Å². The Kier molecular flexibility index (Phi) is 1.85. The minimum Gasteiger partial charge on any atom is -0.144 e. The third kappa shape index (κ3) is 1.30. The van der Waals surface area contributed by atoms with Gasteiger partial charge in [-0.2, -0.15) is 0 Å². The second-order valence-corrected chi connectivity index (χ2v) is 2.70. The van der Waals surface area contributed by atoms with Crippen molar-refractivity contribution in [1.29, 1.82) is 0 Å². The summed E-state index contributed by atoms with van der Waals surface area (Å²) >= 11 is 1.65. The van der Waals surface area contributed by atoms with Crippen LogP contribution in [0.1, 0.15) is 0 Å². The molecule has 0 unspecified atom stereocenters. The van der Waals surface area contributed by atoms with Gasteiger partial charge in [-0.15, -0.1) is 11.3 Å². The Bertz CT molecular complexity index is 293. The molecule has 1 aromatic rings. The van der Waals surface area contributed by atoms with Gasteiger partial charge in [0.25, 0.3) is 0 Å². The zero-order chi connectivity index (χ0) is 6.69. The molecule has 1 heterocycles. The predicted octanol–water partition coefficient (Wildman–Crippen LogP) is 1.12. The predicted molar refractivity (Wildman–Crippen MR) is 43.8 cm³/mol. The van der Waals surface area contributed by atoms with Crippen LogP contribution in [0.3, 0.4) is 0 Å². The Hall–Kier alpha value is -0.820. The normalized spacial score (nSPS) is 11.8. The van der Waals surface area contributed by atoms with Crippen LogP contribution in [0.25, 0.3) is 12.7 Å². The van der Waals surface area contributed by atoms with Gasteiger partial charge in [0.15, 0.2) is 0 Å². The fraction of sp³-hybridized carbons (Fsp3) is 0. The third-order valence-corrected chi connectivity index (χ3v) is 1.87. The summed E-state index contributed by atoms with van der Waals surface area (Å²) in [5, 5.41) is 3.20. The lowest BCUT2D eigenvalue weighted by Crippen LogP contribution is -2.14. The second-order valence-electron chi connectivity index (χ2n) is 1.70. The van der Waals surface area contributed by atoms with Crippen LogP contribution in [0.2, 0.25) is 0 Å². The monoisotopic (exact) mass is 136 g/mol. The first-order valence-corrected chi connectivity index (χ1v) is 3.58. The molecule has 9 heavy (non-hydrogen) atoms. The molecule has 0 radical (unpaired) electrons. The average Bonchev–Trinajstić information content (AvgIpc) is 2.18. The maximum Gasteiger partial charge on any atom is 0.0270 e. The lowest BCUT2D eigenvalue weighted by molar-refractivity contribution is 1.74. The summed E-state index contributed by atoms with van der Waals surface area (Å²) in [5.74, 6) is 0. The lowest BCUT2D eigenvalue weighted by atomic mass is 10.4. The maximum atomic E-state index is 3.84. The summed E-state index contributed by atoms with van der Waals surface area (Å²) < 4.78 is 1.11. The van der Waals surface area contributed by atoms with Crippen LogP contribution < -0.4 is 9.75 Å². The van der Waals surface area contributed by atoms with Crippen LogP contribution in [0.5, 0.6) is 0 Å². The van der Waals surface area contributed by atoms with Crippen molar-refractivity contribution in [3.05, 3.63) is 33.9 Å². The summed E-state index contributed by atoms with van der Waals surface area (Å²) in [7, 11) is 0. The first kappa shape index (κ1) is 6.30. The summed E-state index contributed by atoms with van der Waals surface area (Å²) in [6.45, 7) is 7.44. The van der Waals surface area contributed by atoms with E-state index >= 15 is 0 Å². The largest absolute Gasteiger partial charge is 0.144 e. The quantitative estimate of drug-likeness (QED) is 0.543. The average molecular weight is 136 g/mol. The molecule has 0 bridgehead atoms. The molecule has 0 saturated carbocycles. The van der Waals surface area contributed by atoms with Gasteiger partial charge in [0.05, 0.1) is 0 Å². The van der Waals surface area contributed by atoms with Crippen LogP contribution in [0, 0.1) is 0 Å². The molecule has 46 valence electrons. The molecular formula is C8H8S. The molecule has 0 aliphatic carbocycles. The third-order valence-electron chi connectivity index (χ3n) is 1.08. The van der Waals surface area contributed by atoms with Crippen LogP contribution in [0.4, 0.5) is 0 Å². The van der Waals surface area contributed by atoms with Crippen molar-refractivity contribution < 1.29 is 0 Å². The molecule has 1 rings (SSSR count). The lowest BCUT2D eigenvalue weighted by Gasteiger charge is -1.68. The van der Waals surface area contributed by atoms with Crippen molar-refractivity contribution in [1.82, 2.24) is 0 Å². The van der Waals surface area contributed by atoms with Crippen molar-refractivity contribution in [2.45, 2.75) is 0 Å². The van der Waals surface area contributed by atoms with Gasteiger partial charge < -0.3 is 0 Å². The molecule has 0 saturated heterocycles. The van der Waals surface area contributed by atoms with Crippen molar-refractivity contribution >= 4 is 24.0 Å². The second kappa shape index (κ2) is 2.65. The van der Waals surface area contributed by atoms with Gasteiger partial charge >= 0.3 is 0 Å². The Morgan fingerprint density at radius 2 is 2.33 bits per heavy atom. The van der Waals surface area contributed by atoms with Gasteiger partial charge in [0.1, 0.15) is 0 Å². The highest BCUT2D eigenvalue weighted by molar-refractivity contribution is 7.07. The van der Waals surface area contributed by atoms with E-state index in [1.807, 2.05) is 17.5 Å². The molecule has 0 aliphatic heterocycles. The number of hydrogen-bond donors (Lipinski definition) is 0. The number of allylic oxidation sites excluding steroid dienone is 1. The molecule has 0 spiro atoms. The molecule has 0 amide bonds. The SMILES string of the molecule is C=C/C=c1/ccsc1=C. The zero-order valence-corrected chi connectivity index (χ0v) is 5.95. The van der Waals surface area contributed by atoms with E-state index in [-0.39, 0.29) is 0 Å². The van der Waals surface area contributed by atoms with E-state index in [0.29, 0.717) is 0 Å². The number of rotatable bonds is 1. The van der Waals surface area contributed by atoms with Gasteiger partial charge in [0, 0.05) is 4.53 Å². The highest BCUT2D eigenvalue weighted by Crippen LogP contribution is 1.78. The first-order chi connectivity index (χ1) is 4.34. The number of hydrogen-bond acceptors (Lipinski definition) is 1. The van der Waals surface area contributed by atoms with E-state index in [9.17, 15) is 0 Å². The van der Waals surface area contributed by atoms with E-state index < -0.39 is 0 Å². The molecule has 0 atom stereocenters. The Morgan fingerprint density at radius 3 is 2.78 bits per heavy atom. The smallest absolute Gasteiger partial charge is 0.0270 e. The van der Waals surface area contributed by atoms with Gasteiger partial charge in [-0.3, -0.25) is 0 Å². The van der Waals surface area contributed by atoms with Gasteiger partial charge in [0.2, 0.25) is 0 Å². The molecular weight excluding hydrogens is 128 g/mol. The van der Waals surface area contributed by atoms with Crippen LogP contribution >= 0.6 is 11.3 Å². The summed E-state index contributed by atoms with van der Waals surface area (Å²) in [4.78, 5) is 0. The topological polar surface area (TPSA) is 0 Å². The zero-order valence-electron chi connectivity index (χ0n) is 5.13. The van der Waals surface area contributed by atoms with Crippen molar-refractivity contribution in [2.24, 2.45) is 0 Å². The summed E-state index contributed by atoms with van der Waals surface area (Å²) in [6.07, 6.45) is 3.73. The van der Waals surface area contributed by atoms with Crippen molar-refractivity contribution in [2.75, 3.05) is 0 Å². The van der Waals surface area contributed by atoms with E-state index in [4.69, 9.17) is 0 Å². The van der Waals surface area contributed by atoms with Crippen LogP contribution in [-0.2, 0) is 0 Å². The van der Waals surface area contributed by atoms with E-state index in [1.165, 1.54) is 5.22 Å². The fourth-order valence-corrected chi connectivity index (χ4v) is 1.28. The highest BCUT2D eigenvalue weighted by Gasteiger charge is 1.78. The molecule has 0 fully saturated rings. The minimum atomic E-state index is 1.11. The first-order valence-electron chi connectivity index (χ1n) is 2.70. The van der Waals surface area contributed by atoms with Crippen molar-refractivity contribution in [3.8, 4) is 0 Å². The summed E-state index contributed by atoms with van der Waals surface area (Å²) in [5.41, 5.74) is 0. The molecule has 1 heteroatoms. The van der Waals surface area contributed by atoms with Crippen LogP contribution in [-0.4, -0.2) is 0 Å². The highest BCUT2D eigenvalue weighted by atomic mass is 32.1. The van der Waals surface area contributed by atoms with Gasteiger partial charge in [-0.1, -0.05) is 25.3 Å². The minimum absolute atomic E-state index is 1.11. The fourth-order valence-electron chi connectivity index (χ4n) is 0.626. The molecule has 1 aromatic heterocycles. The Labute approximate surface area is 58.5 Å². The molecule has 0 nitrogen and oxygen atoms in total. The van der Waals surface area contributed by atoms with E-state index in [1.54, 1.807) is 17.4 Å². The molecule has 0 N–H and O–H groups in total. The van der Waals surface area contributed by atoms with Gasteiger partial charge in [-0.25, -0.2) is 0 Å². The van der Waals surface area contributed by atoms with Gasteiger partial charge in [-0.05, 0) is 16.7 Å². The van der Waals surface area contributed by atoms with E-state index in [2.05, 4.69) is 13.2 Å². The number of thiophene rings is 1. The Morgan fingerprint density at radius 1 is 1.56 bits per heavy atom. The van der Waals surface area contributed by atoms with Crippen LogP contribution in [0.15, 0.2) is 24.1 Å². The maximum absolute atomic E-state index is 3.84. The van der Waals surface area contributed by atoms with E-state index in [0.717, 1.165) is 4.53 Å². The molecule has 0 aliphatic rings. The molecule has 0 aromatic carbocycles. The standard InChI is InChI=1S/C8H8S/c1-3-4-8-5-6-9-7(8)2/h3-6H,1-2H2/b8-4-.